The lowest BCUT2D eigenvalue weighted by Gasteiger charge is -2.18. The third kappa shape index (κ3) is 3.58. The highest BCUT2D eigenvalue weighted by Gasteiger charge is 2.30. The fraction of sp³-hybridized carbons (Fsp3) is 0.214. The Morgan fingerprint density at radius 2 is 1.82 bits per heavy atom. The van der Waals surface area contributed by atoms with Gasteiger partial charge < -0.3 is 5.11 Å². The highest BCUT2D eigenvalue weighted by molar-refractivity contribution is 7.93. The molecule has 0 spiro atoms. The van der Waals surface area contributed by atoms with Crippen molar-refractivity contribution in [3.8, 4) is 0 Å². The average molecular weight is 329 g/mol. The van der Waals surface area contributed by atoms with Crippen LogP contribution in [0.3, 0.4) is 0 Å². The molecule has 0 aromatic heterocycles. The first-order chi connectivity index (χ1) is 10.3. The van der Waals surface area contributed by atoms with Gasteiger partial charge in [-0.3, -0.25) is 4.79 Å². The molecular weight excluding hydrogens is 316 g/mol. The van der Waals surface area contributed by atoms with Gasteiger partial charge in [-0.05, 0) is 23.8 Å². The highest BCUT2D eigenvalue weighted by Crippen LogP contribution is 2.23. The summed E-state index contributed by atoms with van der Waals surface area (Å²) in [6, 6.07) is 6.14. The maximum absolute atomic E-state index is 13.3. The van der Waals surface area contributed by atoms with Crippen LogP contribution >= 0.6 is 0 Å². The van der Waals surface area contributed by atoms with Gasteiger partial charge in [-0.1, -0.05) is 30.3 Å². The van der Waals surface area contributed by atoms with Gasteiger partial charge in [0, 0.05) is 0 Å². The molecule has 2 rings (SSSR count). The second-order valence-electron chi connectivity index (χ2n) is 4.62. The molecule has 0 fully saturated rings. The van der Waals surface area contributed by atoms with Crippen molar-refractivity contribution in [2.75, 3.05) is 0 Å². The Balaban J connectivity index is 2.29. The van der Waals surface area contributed by atoms with E-state index in [2.05, 4.69) is 0 Å². The van der Waals surface area contributed by atoms with E-state index in [0.29, 0.717) is 6.08 Å². The van der Waals surface area contributed by atoms with Crippen LogP contribution in [0.2, 0.25) is 0 Å². The predicted molar refractivity (Wildman–Crippen MR) is 75.9 cm³/mol. The van der Waals surface area contributed by atoms with Gasteiger partial charge in [0.1, 0.15) is 6.04 Å². The number of halogens is 2. The van der Waals surface area contributed by atoms with Gasteiger partial charge in [-0.2, -0.15) is 4.72 Å². The summed E-state index contributed by atoms with van der Waals surface area (Å²) in [5, 5.41) is 9.18. The van der Waals surface area contributed by atoms with E-state index in [1.165, 1.54) is 12.1 Å². The number of allylic oxidation sites excluding steroid dienone is 3. The maximum atomic E-state index is 13.3. The topological polar surface area (TPSA) is 83.5 Å². The van der Waals surface area contributed by atoms with E-state index >= 15 is 0 Å². The lowest BCUT2D eigenvalue weighted by atomic mass is 10.1. The smallest absolute Gasteiger partial charge is 0.326 e. The summed E-state index contributed by atoms with van der Waals surface area (Å²) in [6.07, 6.45) is -1.71. The van der Waals surface area contributed by atoms with Gasteiger partial charge in [0.15, 0.2) is 12.3 Å². The summed E-state index contributed by atoms with van der Waals surface area (Å²) in [7, 11) is -4.30. The molecule has 0 bridgehead atoms. The molecular formula is C14H13F2NO4S. The number of rotatable bonds is 5. The van der Waals surface area contributed by atoms with Crippen LogP contribution in [0, 0.1) is 0 Å². The Kier molecular flexibility index (Phi) is 4.72. The summed E-state index contributed by atoms with van der Waals surface area (Å²) in [4.78, 5) is 10.8. The largest absolute Gasteiger partial charge is 0.480 e. The van der Waals surface area contributed by atoms with Crippen LogP contribution in [0.5, 0.6) is 0 Å². The molecule has 118 valence electrons. The third-order valence-corrected chi connectivity index (χ3v) is 4.47. The first-order valence-electron chi connectivity index (χ1n) is 6.29. The Hall–Kier alpha value is -2.06. The molecule has 1 aromatic rings. The van der Waals surface area contributed by atoms with E-state index < -0.39 is 39.3 Å². The van der Waals surface area contributed by atoms with Crippen molar-refractivity contribution in [1.29, 1.82) is 0 Å². The van der Waals surface area contributed by atoms with Crippen LogP contribution in [0.4, 0.5) is 8.78 Å². The van der Waals surface area contributed by atoms with Crippen molar-refractivity contribution in [2.24, 2.45) is 0 Å². The van der Waals surface area contributed by atoms with Crippen LogP contribution in [0.1, 0.15) is 11.6 Å². The SMILES string of the molecule is O=C(O)C(NS(=O)(=O)C1=CC(F)C(F)C=C1)c1ccccc1. The number of nitrogens with one attached hydrogen (secondary N) is 1. The zero-order valence-corrected chi connectivity index (χ0v) is 12.0. The Labute approximate surface area is 126 Å². The Morgan fingerprint density at radius 3 is 2.36 bits per heavy atom. The molecule has 0 saturated carbocycles. The van der Waals surface area contributed by atoms with Crippen molar-refractivity contribution < 1.29 is 27.1 Å². The lowest BCUT2D eigenvalue weighted by molar-refractivity contribution is -0.139. The van der Waals surface area contributed by atoms with E-state index in [4.69, 9.17) is 0 Å². The number of carboxylic acids is 1. The standard InChI is InChI=1S/C14H13F2NO4S/c15-11-7-6-10(8-12(11)16)22(20,21)17-13(14(18)19)9-4-2-1-3-5-9/h1-8,11-13,17H,(H,18,19). The highest BCUT2D eigenvalue weighted by atomic mass is 32.2. The first-order valence-corrected chi connectivity index (χ1v) is 7.78. The zero-order valence-electron chi connectivity index (χ0n) is 11.2. The van der Waals surface area contributed by atoms with E-state index in [9.17, 15) is 27.1 Å². The number of hydrogen-bond acceptors (Lipinski definition) is 3. The molecule has 1 aliphatic carbocycles. The molecule has 0 radical (unpaired) electrons. The summed E-state index contributed by atoms with van der Waals surface area (Å²) < 4.78 is 52.5. The molecule has 2 N–H and O–H groups in total. The number of carbonyl (C=O) groups is 1. The third-order valence-electron chi connectivity index (χ3n) is 3.04. The monoisotopic (exact) mass is 329 g/mol. The minimum absolute atomic E-state index is 0.221. The van der Waals surface area contributed by atoms with Crippen LogP contribution in [0.15, 0.2) is 53.5 Å². The van der Waals surface area contributed by atoms with Gasteiger partial charge in [-0.25, -0.2) is 17.2 Å². The molecule has 1 aliphatic rings. The number of hydrogen-bond donors (Lipinski definition) is 2. The Morgan fingerprint density at radius 1 is 1.18 bits per heavy atom. The second-order valence-corrected chi connectivity index (χ2v) is 6.33. The van der Waals surface area contributed by atoms with Gasteiger partial charge in [0.2, 0.25) is 10.0 Å². The minimum atomic E-state index is -4.30. The first kappa shape index (κ1) is 16.3. The molecule has 3 unspecified atom stereocenters. The molecule has 0 heterocycles. The van der Waals surface area contributed by atoms with Crippen LogP contribution in [0.25, 0.3) is 0 Å². The van der Waals surface area contributed by atoms with E-state index in [0.717, 1.165) is 12.2 Å². The van der Waals surface area contributed by atoms with Crippen molar-refractivity contribution >= 4 is 16.0 Å². The molecule has 3 atom stereocenters. The van der Waals surface area contributed by atoms with Gasteiger partial charge in [0.25, 0.3) is 0 Å². The normalized spacial score (nSPS) is 22.9. The van der Waals surface area contributed by atoms with Crippen molar-refractivity contribution in [1.82, 2.24) is 4.72 Å². The molecule has 1 aromatic carbocycles. The number of carboxylic acid groups (broad SMARTS) is 1. The summed E-state index contributed by atoms with van der Waals surface area (Å²) in [6.45, 7) is 0. The Bertz CT molecular complexity index is 716. The minimum Gasteiger partial charge on any atom is -0.480 e. The maximum Gasteiger partial charge on any atom is 0.326 e. The average Bonchev–Trinajstić information content (AvgIpc) is 2.48. The molecule has 8 heteroatoms. The van der Waals surface area contributed by atoms with Crippen molar-refractivity contribution in [3.05, 3.63) is 59.0 Å². The van der Waals surface area contributed by atoms with Gasteiger partial charge in [0.05, 0.1) is 4.91 Å². The fourth-order valence-corrected chi connectivity index (χ4v) is 3.16. The molecule has 5 nitrogen and oxygen atoms in total. The number of alkyl halides is 2. The molecule has 0 saturated heterocycles. The summed E-state index contributed by atoms with van der Waals surface area (Å²) in [5.74, 6) is -1.41. The zero-order chi connectivity index (χ0) is 16.3. The lowest BCUT2D eigenvalue weighted by Crippen LogP contribution is -2.35. The van der Waals surface area contributed by atoms with Gasteiger partial charge in [-0.15, -0.1) is 0 Å². The van der Waals surface area contributed by atoms with Crippen molar-refractivity contribution in [3.63, 3.8) is 0 Å². The number of benzene rings is 1. The summed E-state index contributed by atoms with van der Waals surface area (Å²) in [5.41, 5.74) is 0.221. The second kappa shape index (κ2) is 6.37. The van der Waals surface area contributed by atoms with E-state index in [1.54, 1.807) is 18.2 Å². The quantitative estimate of drug-likeness (QED) is 0.864. The number of sulfonamides is 1. The fourth-order valence-electron chi connectivity index (χ4n) is 1.91. The van der Waals surface area contributed by atoms with Crippen LogP contribution in [-0.4, -0.2) is 31.8 Å². The van der Waals surface area contributed by atoms with Crippen LogP contribution < -0.4 is 4.72 Å². The van der Waals surface area contributed by atoms with Gasteiger partial charge >= 0.3 is 5.97 Å². The van der Waals surface area contributed by atoms with E-state index in [-0.39, 0.29) is 5.56 Å². The molecule has 0 amide bonds. The predicted octanol–water partition coefficient (Wildman–Crippen LogP) is 1.86. The molecule has 22 heavy (non-hydrogen) atoms. The number of aliphatic carboxylic acids is 1. The van der Waals surface area contributed by atoms with Crippen LogP contribution in [-0.2, 0) is 14.8 Å². The summed E-state index contributed by atoms with van der Waals surface area (Å²) >= 11 is 0. The van der Waals surface area contributed by atoms with E-state index in [1.807, 2.05) is 4.72 Å². The van der Waals surface area contributed by atoms with Crippen molar-refractivity contribution in [2.45, 2.75) is 18.4 Å². The molecule has 0 aliphatic heterocycles.